The zero-order valence-electron chi connectivity index (χ0n) is 18.3. The van der Waals surface area contributed by atoms with Gasteiger partial charge in [-0.05, 0) is 55.7 Å². The Morgan fingerprint density at radius 3 is 2.61 bits per heavy atom. The molecule has 2 atom stereocenters. The lowest BCUT2D eigenvalue weighted by Gasteiger charge is -2.42. The number of ether oxygens (including phenoxy) is 1. The van der Waals surface area contributed by atoms with Crippen LogP contribution in [0.1, 0.15) is 38.2 Å². The molecule has 0 saturated carbocycles. The van der Waals surface area contributed by atoms with E-state index in [1.54, 1.807) is 0 Å². The van der Waals surface area contributed by atoms with Gasteiger partial charge < -0.3 is 15.0 Å². The molecule has 2 heterocycles. The van der Waals surface area contributed by atoms with Crippen LogP contribution in [0, 0.1) is 5.41 Å². The molecule has 0 spiro atoms. The van der Waals surface area contributed by atoms with E-state index in [2.05, 4.69) is 29.6 Å². The van der Waals surface area contributed by atoms with Gasteiger partial charge in [0, 0.05) is 26.2 Å². The molecule has 2 aromatic carbocycles. The fourth-order valence-corrected chi connectivity index (χ4v) is 4.99. The highest BCUT2D eigenvalue weighted by Gasteiger charge is 2.44. The van der Waals surface area contributed by atoms with Crippen LogP contribution < -0.4 is 5.32 Å². The van der Waals surface area contributed by atoms with Crippen molar-refractivity contribution in [2.75, 3.05) is 26.2 Å². The normalized spacial score (nSPS) is 23.5. The number of piperidine rings is 1. The van der Waals surface area contributed by atoms with Crippen molar-refractivity contribution >= 4 is 11.8 Å². The van der Waals surface area contributed by atoms with Crippen LogP contribution in [-0.4, -0.2) is 49.1 Å². The highest BCUT2D eigenvalue weighted by molar-refractivity contribution is 5.86. The number of hydrogen-bond donors (Lipinski definition) is 1. The number of amides is 2. The van der Waals surface area contributed by atoms with E-state index in [1.807, 2.05) is 42.2 Å². The standard InChI is InChI=1S/C26H32N2O3/c1-2-27-25(30)26(15-9-16-28(19-26)24(29)23-14-8-17-31-23)18-21-12-6-7-13-22(21)20-10-4-3-5-11-20/h3-7,10-13,23H,2,8-9,14-19H2,1H3,(H,27,30)/t23-,26+/m0/s1. The summed E-state index contributed by atoms with van der Waals surface area (Å²) in [6.07, 6.45) is 3.57. The van der Waals surface area contributed by atoms with Gasteiger partial charge in [0.2, 0.25) is 5.91 Å². The van der Waals surface area contributed by atoms with Crippen LogP contribution in [0.4, 0.5) is 0 Å². The van der Waals surface area contributed by atoms with Crippen LogP contribution in [0.3, 0.4) is 0 Å². The summed E-state index contributed by atoms with van der Waals surface area (Å²) in [4.78, 5) is 28.3. The van der Waals surface area contributed by atoms with Crippen molar-refractivity contribution in [3.05, 3.63) is 60.2 Å². The van der Waals surface area contributed by atoms with Crippen LogP contribution in [0.25, 0.3) is 11.1 Å². The molecule has 0 bridgehead atoms. The Kier molecular flexibility index (Phi) is 6.71. The third kappa shape index (κ3) is 4.67. The van der Waals surface area contributed by atoms with Gasteiger partial charge in [-0.2, -0.15) is 0 Å². The minimum Gasteiger partial charge on any atom is -0.368 e. The Bertz CT molecular complexity index is 908. The monoisotopic (exact) mass is 420 g/mol. The number of nitrogens with zero attached hydrogens (tertiary/aromatic N) is 1. The minimum atomic E-state index is -0.632. The van der Waals surface area contributed by atoms with Crippen LogP contribution in [0.15, 0.2) is 54.6 Å². The molecule has 2 aromatic rings. The number of rotatable bonds is 6. The number of likely N-dealkylation sites (tertiary alicyclic amines) is 1. The second-order valence-corrected chi connectivity index (χ2v) is 8.70. The second-order valence-electron chi connectivity index (χ2n) is 8.70. The summed E-state index contributed by atoms with van der Waals surface area (Å²) in [5.41, 5.74) is 2.81. The lowest BCUT2D eigenvalue weighted by Crippen LogP contribution is -2.56. The summed E-state index contributed by atoms with van der Waals surface area (Å²) in [6.45, 7) is 4.32. The predicted octanol–water partition coefficient (Wildman–Crippen LogP) is 3.82. The quantitative estimate of drug-likeness (QED) is 0.773. The highest BCUT2D eigenvalue weighted by atomic mass is 16.5. The molecule has 4 rings (SSSR count). The van der Waals surface area contributed by atoms with E-state index in [0.29, 0.717) is 32.7 Å². The first-order chi connectivity index (χ1) is 15.1. The molecular formula is C26H32N2O3. The van der Waals surface area contributed by atoms with Gasteiger partial charge in [0.05, 0.1) is 5.41 Å². The zero-order valence-corrected chi connectivity index (χ0v) is 18.3. The van der Waals surface area contributed by atoms with Crippen LogP contribution >= 0.6 is 0 Å². The fourth-order valence-electron chi connectivity index (χ4n) is 4.99. The second kappa shape index (κ2) is 9.65. The number of nitrogens with one attached hydrogen (secondary N) is 1. The van der Waals surface area contributed by atoms with E-state index in [-0.39, 0.29) is 17.9 Å². The summed E-state index contributed by atoms with van der Waals surface area (Å²) in [6, 6.07) is 18.6. The molecule has 0 aliphatic carbocycles. The molecule has 0 radical (unpaired) electrons. The van der Waals surface area contributed by atoms with Gasteiger partial charge in [0.1, 0.15) is 6.10 Å². The summed E-state index contributed by atoms with van der Waals surface area (Å²) < 4.78 is 5.65. The van der Waals surface area contributed by atoms with E-state index in [4.69, 9.17) is 4.74 Å². The lowest BCUT2D eigenvalue weighted by molar-refractivity contribution is -0.148. The molecule has 2 aliphatic heterocycles. The third-order valence-corrected chi connectivity index (χ3v) is 6.54. The van der Waals surface area contributed by atoms with Crippen molar-refractivity contribution in [1.29, 1.82) is 0 Å². The molecule has 2 fully saturated rings. The van der Waals surface area contributed by atoms with Crippen molar-refractivity contribution in [2.24, 2.45) is 5.41 Å². The molecule has 5 heteroatoms. The first-order valence-corrected chi connectivity index (χ1v) is 11.4. The van der Waals surface area contributed by atoms with Gasteiger partial charge in [0.15, 0.2) is 0 Å². The van der Waals surface area contributed by atoms with E-state index in [1.165, 1.54) is 0 Å². The SMILES string of the molecule is CCNC(=O)[C@@]1(Cc2ccccc2-c2ccccc2)CCCN(C(=O)[C@@H]2CCCO2)C1. The van der Waals surface area contributed by atoms with E-state index in [9.17, 15) is 9.59 Å². The Balaban J connectivity index is 1.65. The molecule has 0 aromatic heterocycles. The van der Waals surface area contributed by atoms with Crippen LogP contribution in [-0.2, 0) is 20.7 Å². The highest BCUT2D eigenvalue weighted by Crippen LogP contribution is 2.37. The molecule has 164 valence electrons. The van der Waals surface area contributed by atoms with Crippen molar-refractivity contribution in [3.63, 3.8) is 0 Å². The lowest BCUT2D eigenvalue weighted by atomic mass is 9.73. The molecule has 1 N–H and O–H groups in total. The number of benzene rings is 2. The van der Waals surface area contributed by atoms with Crippen molar-refractivity contribution in [2.45, 2.75) is 45.1 Å². The third-order valence-electron chi connectivity index (χ3n) is 6.54. The number of hydrogen-bond acceptors (Lipinski definition) is 3. The average Bonchev–Trinajstić information content (AvgIpc) is 3.35. The first-order valence-electron chi connectivity index (χ1n) is 11.4. The average molecular weight is 421 g/mol. The number of carbonyl (C=O) groups is 2. The maximum absolute atomic E-state index is 13.4. The van der Waals surface area contributed by atoms with E-state index in [0.717, 1.165) is 42.4 Å². The van der Waals surface area contributed by atoms with Crippen molar-refractivity contribution in [1.82, 2.24) is 10.2 Å². The van der Waals surface area contributed by atoms with Gasteiger partial charge >= 0.3 is 0 Å². The summed E-state index contributed by atoms with van der Waals surface area (Å²) in [7, 11) is 0. The number of carbonyl (C=O) groups excluding carboxylic acids is 2. The summed E-state index contributed by atoms with van der Waals surface area (Å²) >= 11 is 0. The molecule has 31 heavy (non-hydrogen) atoms. The summed E-state index contributed by atoms with van der Waals surface area (Å²) in [5, 5.41) is 3.06. The summed E-state index contributed by atoms with van der Waals surface area (Å²) in [5.74, 6) is 0.0879. The molecule has 0 unspecified atom stereocenters. The van der Waals surface area contributed by atoms with Gasteiger partial charge in [-0.3, -0.25) is 9.59 Å². The Hall–Kier alpha value is -2.66. The predicted molar refractivity (Wildman–Crippen MR) is 121 cm³/mol. The first kappa shape index (κ1) is 21.6. The molecule has 2 aliphatic rings. The van der Waals surface area contributed by atoms with E-state index >= 15 is 0 Å². The molecule has 2 saturated heterocycles. The maximum atomic E-state index is 13.4. The molecular weight excluding hydrogens is 388 g/mol. The van der Waals surface area contributed by atoms with E-state index < -0.39 is 5.41 Å². The topological polar surface area (TPSA) is 58.6 Å². The van der Waals surface area contributed by atoms with Gasteiger partial charge in [-0.1, -0.05) is 54.6 Å². The largest absolute Gasteiger partial charge is 0.368 e. The Morgan fingerprint density at radius 1 is 1.10 bits per heavy atom. The maximum Gasteiger partial charge on any atom is 0.251 e. The molecule has 5 nitrogen and oxygen atoms in total. The van der Waals surface area contributed by atoms with Gasteiger partial charge in [-0.15, -0.1) is 0 Å². The van der Waals surface area contributed by atoms with Crippen molar-refractivity contribution in [3.8, 4) is 11.1 Å². The Morgan fingerprint density at radius 2 is 1.87 bits per heavy atom. The fraction of sp³-hybridized carbons (Fsp3) is 0.462. The van der Waals surface area contributed by atoms with Crippen molar-refractivity contribution < 1.29 is 14.3 Å². The molecule has 2 amide bonds. The Labute approximate surface area is 184 Å². The van der Waals surface area contributed by atoms with Gasteiger partial charge in [0.25, 0.3) is 5.91 Å². The van der Waals surface area contributed by atoms with Gasteiger partial charge in [-0.25, -0.2) is 0 Å². The van der Waals surface area contributed by atoms with Crippen LogP contribution in [0.2, 0.25) is 0 Å². The zero-order chi connectivity index (χ0) is 21.7. The van der Waals surface area contributed by atoms with Crippen LogP contribution in [0.5, 0.6) is 0 Å². The minimum absolute atomic E-state index is 0.0437. The smallest absolute Gasteiger partial charge is 0.251 e.